The first-order chi connectivity index (χ1) is 13.2. The highest BCUT2D eigenvalue weighted by Crippen LogP contribution is 2.18. The number of rotatable bonds is 15. The zero-order valence-corrected chi connectivity index (χ0v) is 18.3. The van der Waals surface area contributed by atoms with Crippen LogP contribution in [-0.2, 0) is 13.5 Å². The molecule has 2 aromatic rings. The SMILES string of the molecule is CCCCCCCCCCCCCCCCc1cccc2c1[nH]c(C)[n+]2C. The predicted molar refractivity (Wildman–Crippen MR) is 118 cm³/mol. The van der Waals surface area contributed by atoms with Gasteiger partial charge in [-0.1, -0.05) is 103 Å². The maximum atomic E-state index is 3.56. The van der Waals surface area contributed by atoms with Gasteiger partial charge in [-0.05, 0) is 18.9 Å². The first-order valence-electron chi connectivity index (χ1n) is 11.7. The van der Waals surface area contributed by atoms with Crippen LogP contribution in [0.25, 0.3) is 11.0 Å². The molecule has 152 valence electrons. The first kappa shape index (κ1) is 22.0. The van der Waals surface area contributed by atoms with Crippen LogP contribution < -0.4 is 4.57 Å². The largest absolute Gasteiger partial charge is 0.251 e. The number of aryl methyl sites for hydroxylation is 3. The Kier molecular flexibility index (Phi) is 10.6. The Labute approximate surface area is 167 Å². The summed E-state index contributed by atoms with van der Waals surface area (Å²) in [5.41, 5.74) is 4.15. The number of benzene rings is 1. The summed E-state index contributed by atoms with van der Waals surface area (Å²) in [5.74, 6) is 1.23. The number of H-pyrrole nitrogens is 1. The van der Waals surface area contributed by atoms with Crippen LogP contribution in [0.2, 0.25) is 0 Å². The van der Waals surface area contributed by atoms with Gasteiger partial charge in [0.2, 0.25) is 0 Å². The minimum absolute atomic E-state index is 1.20. The highest BCUT2D eigenvalue weighted by molar-refractivity contribution is 5.75. The number of aromatic nitrogens is 2. The molecule has 0 aliphatic rings. The van der Waals surface area contributed by atoms with Crippen LogP contribution in [0.5, 0.6) is 0 Å². The molecule has 1 aromatic carbocycles. The summed E-state index contributed by atoms with van der Waals surface area (Å²) in [6.45, 7) is 4.44. The van der Waals surface area contributed by atoms with Gasteiger partial charge in [-0.2, -0.15) is 0 Å². The van der Waals surface area contributed by atoms with Gasteiger partial charge in [0.05, 0.1) is 7.05 Å². The van der Waals surface area contributed by atoms with E-state index in [-0.39, 0.29) is 0 Å². The van der Waals surface area contributed by atoms with Gasteiger partial charge in [0.15, 0.2) is 11.0 Å². The summed E-state index contributed by atoms with van der Waals surface area (Å²) in [4.78, 5) is 3.56. The average Bonchev–Trinajstić information content (AvgIpc) is 2.97. The third-order valence-corrected chi connectivity index (χ3v) is 6.10. The molecular weight excluding hydrogens is 328 g/mol. The Hall–Kier alpha value is -1.31. The van der Waals surface area contributed by atoms with Crippen molar-refractivity contribution in [3.05, 3.63) is 29.6 Å². The molecule has 0 amide bonds. The van der Waals surface area contributed by atoms with Crippen molar-refractivity contribution in [2.75, 3.05) is 0 Å². The molecule has 1 aromatic heterocycles. The van der Waals surface area contributed by atoms with Crippen molar-refractivity contribution in [1.82, 2.24) is 4.98 Å². The molecular formula is C25H43N2+. The predicted octanol–water partition coefficient (Wildman–Crippen LogP) is 7.32. The van der Waals surface area contributed by atoms with Crippen LogP contribution in [0.3, 0.4) is 0 Å². The summed E-state index contributed by atoms with van der Waals surface area (Å²) in [6, 6.07) is 6.71. The molecule has 0 spiro atoms. The molecule has 0 fully saturated rings. The van der Waals surface area contributed by atoms with Gasteiger partial charge in [0.25, 0.3) is 5.82 Å². The quantitative estimate of drug-likeness (QED) is 0.250. The van der Waals surface area contributed by atoms with Crippen molar-refractivity contribution in [1.29, 1.82) is 0 Å². The lowest BCUT2D eigenvalue weighted by molar-refractivity contribution is -0.651. The Morgan fingerprint density at radius 3 is 1.81 bits per heavy atom. The summed E-state index contributed by atoms with van der Waals surface area (Å²) >= 11 is 0. The van der Waals surface area contributed by atoms with Gasteiger partial charge in [-0.15, -0.1) is 0 Å². The third kappa shape index (κ3) is 7.68. The molecule has 0 bridgehead atoms. The van der Waals surface area contributed by atoms with E-state index in [0.29, 0.717) is 0 Å². The van der Waals surface area contributed by atoms with E-state index in [1.807, 2.05) is 0 Å². The number of unbranched alkanes of at least 4 members (excludes halogenated alkanes) is 13. The molecule has 0 unspecified atom stereocenters. The van der Waals surface area contributed by atoms with Crippen LogP contribution >= 0.6 is 0 Å². The van der Waals surface area contributed by atoms with E-state index < -0.39 is 0 Å². The highest BCUT2D eigenvalue weighted by Gasteiger charge is 2.14. The second-order valence-electron chi connectivity index (χ2n) is 8.43. The van der Waals surface area contributed by atoms with Crippen molar-refractivity contribution in [2.24, 2.45) is 7.05 Å². The number of fused-ring (bicyclic) bond motifs is 1. The molecule has 2 rings (SSSR count). The van der Waals surface area contributed by atoms with Gasteiger partial charge in [-0.25, -0.2) is 9.55 Å². The van der Waals surface area contributed by atoms with Crippen LogP contribution in [0, 0.1) is 6.92 Å². The Morgan fingerprint density at radius 2 is 1.26 bits per heavy atom. The van der Waals surface area contributed by atoms with Crippen molar-refractivity contribution in [3.63, 3.8) is 0 Å². The molecule has 0 saturated heterocycles. The summed E-state index contributed by atoms with van der Waals surface area (Å²) in [5, 5.41) is 0. The minimum Gasteiger partial charge on any atom is -0.241 e. The van der Waals surface area contributed by atoms with Crippen molar-refractivity contribution in [2.45, 2.75) is 110 Å². The second kappa shape index (κ2) is 13.0. The topological polar surface area (TPSA) is 19.7 Å². The maximum Gasteiger partial charge on any atom is 0.251 e. The van der Waals surface area contributed by atoms with E-state index in [4.69, 9.17) is 0 Å². The van der Waals surface area contributed by atoms with E-state index in [2.05, 4.69) is 48.6 Å². The average molecular weight is 372 g/mol. The van der Waals surface area contributed by atoms with E-state index in [9.17, 15) is 0 Å². The Bertz CT molecular complexity index is 641. The Morgan fingerprint density at radius 1 is 0.741 bits per heavy atom. The molecule has 0 saturated carbocycles. The number of hydrogen-bond acceptors (Lipinski definition) is 0. The lowest BCUT2D eigenvalue weighted by atomic mass is 10.0. The molecule has 0 aliphatic heterocycles. The molecule has 0 atom stereocenters. The van der Waals surface area contributed by atoms with Crippen molar-refractivity contribution < 1.29 is 4.57 Å². The normalized spacial score (nSPS) is 11.5. The van der Waals surface area contributed by atoms with E-state index in [1.54, 1.807) is 0 Å². The van der Waals surface area contributed by atoms with Crippen molar-refractivity contribution >= 4 is 11.0 Å². The second-order valence-corrected chi connectivity index (χ2v) is 8.43. The number of para-hydroxylation sites is 1. The fourth-order valence-electron chi connectivity index (χ4n) is 4.17. The number of imidazole rings is 1. The van der Waals surface area contributed by atoms with Crippen LogP contribution in [-0.4, -0.2) is 4.98 Å². The third-order valence-electron chi connectivity index (χ3n) is 6.10. The maximum absolute atomic E-state index is 3.56. The van der Waals surface area contributed by atoms with Crippen LogP contribution in [0.1, 0.15) is 108 Å². The highest BCUT2D eigenvalue weighted by atomic mass is 15.0. The minimum atomic E-state index is 1.20. The van der Waals surface area contributed by atoms with E-state index in [1.165, 1.54) is 119 Å². The summed E-state index contributed by atoms with van der Waals surface area (Å²) in [7, 11) is 2.14. The van der Waals surface area contributed by atoms with Crippen LogP contribution in [0.4, 0.5) is 0 Å². The summed E-state index contributed by atoms with van der Waals surface area (Å²) in [6.07, 6.45) is 21.2. The molecule has 0 radical (unpaired) electrons. The van der Waals surface area contributed by atoms with Gasteiger partial charge in [-0.3, -0.25) is 0 Å². The molecule has 27 heavy (non-hydrogen) atoms. The standard InChI is InChI=1S/C25H42N2/c1-4-5-6-7-8-9-10-11-12-13-14-15-16-17-19-23-20-18-21-24-25(23)26-22(2)27(24)3/h18,20-21H,4-17,19H2,1-3H3/p+1. The first-order valence-corrected chi connectivity index (χ1v) is 11.7. The number of aromatic amines is 1. The number of hydrogen-bond donors (Lipinski definition) is 1. The summed E-state index contributed by atoms with van der Waals surface area (Å²) < 4.78 is 2.25. The van der Waals surface area contributed by atoms with E-state index in [0.717, 1.165) is 0 Å². The van der Waals surface area contributed by atoms with Gasteiger partial charge in [0.1, 0.15) is 0 Å². The van der Waals surface area contributed by atoms with Gasteiger partial charge < -0.3 is 0 Å². The molecule has 1 heterocycles. The lowest BCUT2D eigenvalue weighted by Gasteiger charge is -2.04. The fourth-order valence-corrected chi connectivity index (χ4v) is 4.17. The monoisotopic (exact) mass is 371 g/mol. The zero-order chi connectivity index (χ0) is 19.3. The molecule has 2 nitrogen and oxygen atoms in total. The molecule has 0 aliphatic carbocycles. The van der Waals surface area contributed by atoms with E-state index >= 15 is 0 Å². The van der Waals surface area contributed by atoms with Gasteiger partial charge >= 0.3 is 0 Å². The molecule has 2 heteroatoms. The van der Waals surface area contributed by atoms with Crippen molar-refractivity contribution in [3.8, 4) is 0 Å². The smallest absolute Gasteiger partial charge is 0.241 e. The molecule has 1 N–H and O–H groups in total. The van der Waals surface area contributed by atoms with Gasteiger partial charge in [0, 0.05) is 12.5 Å². The fraction of sp³-hybridized carbons (Fsp3) is 0.720. The lowest BCUT2D eigenvalue weighted by Crippen LogP contribution is -2.29. The Balaban J connectivity index is 1.47. The van der Waals surface area contributed by atoms with Crippen LogP contribution in [0.15, 0.2) is 18.2 Å². The number of nitrogens with one attached hydrogen (secondary N) is 1. The zero-order valence-electron chi connectivity index (χ0n) is 18.3. The number of nitrogens with zero attached hydrogens (tertiary/aromatic N) is 1.